The highest BCUT2D eigenvalue weighted by Crippen LogP contribution is 2.16. The molecule has 0 aliphatic heterocycles. The van der Waals surface area contributed by atoms with Crippen molar-refractivity contribution in [3.63, 3.8) is 0 Å². The van der Waals surface area contributed by atoms with Crippen molar-refractivity contribution in [2.75, 3.05) is 7.11 Å². The lowest BCUT2D eigenvalue weighted by molar-refractivity contribution is 0.100. The standard InChI is InChI=1S/C14H16N4O2.ClH/c1-20-9-10-6-11(13(19)17-14(15)16)8-12(7-10)18-4-2-3-5-18;/h2-8H,9H2,1H3,(H4,15,16,17,19);1H. The number of carbonyl (C=O) groups is 1. The Labute approximate surface area is 128 Å². The third kappa shape index (κ3) is 4.34. The van der Waals surface area contributed by atoms with E-state index in [1.54, 1.807) is 19.2 Å². The second-order valence-corrected chi connectivity index (χ2v) is 4.25. The fourth-order valence-electron chi connectivity index (χ4n) is 1.89. The summed E-state index contributed by atoms with van der Waals surface area (Å²) in [6.45, 7) is 0.400. The molecule has 0 atom stereocenters. The number of rotatable bonds is 4. The average molecular weight is 309 g/mol. The third-order valence-corrected chi connectivity index (χ3v) is 2.67. The second-order valence-electron chi connectivity index (χ2n) is 4.25. The summed E-state index contributed by atoms with van der Waals surface area (Å²) in [7, 11) is 1.60. The van der Waals surface area contributed by atoms with Crippen LogP contribution in [0.25, 0.3) is 5.69 Å². The lowest BCUT2D eigenvalue weighted by Crippen LogP contribution is -2.24. The van der Waals surface area contributed by atoms with Crippen molar-refractivity contribution in [2.45, 2.75) is 6.61 Å². The molecule has 1 heterocycles. The molecule has 1 aromatic carbocycles. The number of nitrogens with two attached hydrogens (primary N) is 2. The number of hydrogen-bond acceptors (Lipinski definition) is 2. The maximum absolute atomic E-state index is 11.9. The van der Waals surface area contributed by atoms with Crippen LogP contribution in [0.5, 0.6) is 0 Å². The SMILES string of the molecule is COCc1cc(C(=O)N=C(N)N)cc(-n2cccc2)c1.Cl. The number of hydrogen-bond donors (Lipinski definition) is 2. The molecule has 0 saturated heterocycles. The van der Waals surface area contributed by atoms with Crippen molar-refractivity contribution in [2.24, 2.45) is 16.5 Å². The first-order valence-corrected chi connectivity index (χ1v) is 6.00. The number of carbonyl (C=O) groups excluding carboxylic acids is 1. The lowest BCUT2D eigenvalue weighted by Gasteiger charge is -2.09. The Bertz CT molecular complexity index is 634. The van der Waals surface area contributed by atoms with Crippen molar-refractivity contribution in [3.8, 4) is 5.69 Å². The molecule has 0 unspecified atom stereocenters. The number of ether oxygens (including phenoxy) is 1. The quantitative estimate of drug-likeness (QED) is 0.660. The Kier molecular flexibility index (Phi) is 5.95. The predicted molar refractivity (Wildman–Crippen MR) is 83.9 cm³/mol. The summed E-state index contributed by atoms with van der Waals surface area (Å²) in [4.78, 5) is 15.5. The van der Waals surface area contributed by atoms with Crippen LogP contribution in [-0.4, -0.2) is 23.5 Å². The zero-order valence-corrected chi connectivity index (χ0v) is 12.3. The van der Waals surface area contributed by atoms with Gasteiger partial charge in [-0.3, -0.25) is 4.79 Å². The summed E-state index contributed by atoms with van der Waals surface area (Å²) in [6, 6.07) is 9.19. The van der Waals surface area contributed by atoms with Crippen LogP contribution in [-0.2, 0) is 11.3 Å². The molecule has 0 radical (unpaired) electrons. The average Bonchev–Trinajstić information content (AvgIpc) is 2.92. The van der Waals surface area contributed by atoms with Crippen LogP contribution >= 0.6 is 12.4 Å². The van der Waals surface area contributed by atoms with Gasteiger partial charge in [0.25, 0.3) is 5.91 Å². The molecule has 112 valence electrons. The van der Waals surface area contributed by atoms with Crippen molar-refractivity contribution in [1.82, 2.24) is 4.57 Å². The first-order chi connectivity index (χ1) is 9.60. The van der Waals surface area contributed by atoms with Gasteiger partial charge >= 0.3 is 0 Å². The van der Waals surface area contributed by atoms with Crippen LogP contribution in [0.2, 0.25) is 0 Å². The lowest BCUT2D eigenvalue weighted by atomic mass is 10.1. The number of methoxy groups -OCH3 is 1. The van der Waals surface area contributed by atoms with E-state index in [4.69, 9.17) is 16.2 Å². The van der Waals surface area contributed by atoms with E-state index < -0.39 is 5.91 Å². The van der Waals surface area contributed by atoms with Gasteiger partial charge in [0.1, 0.15) is 0 Å². The summed E-state index contributed by atoms with van der Waals surface area (Å²) in [5.74, 6) is -0.731. The number of amides is 1. The molecule has 0 saturated carbocycles. The zero-order valence-electron chi connectivity index (χ0n) is 11.5. The van der Waals surface area contributed by atoms with Crippen LogP contribution in [0.15, 0.2) is 47.7 Å². The number of aliphatic imine (C=N–C) groups is 1. The molecule has 4 N–H and O–H groups in total. The number of aromatic nitrogens is 1. The number of nitrogens with zero attached hydrogens (tertiary/aromatic N) is 2. The van der Waals surface area contributed by atoms with Gasteiger partial charge < -0.3 is 20.8 Å². The van der Waals surface area contributed by atoms with Crippen LogP contribution < -0.4 is 11.5 Å². The second kappa shape index (κ2) is 7.47. The Morgan fingerprint density at radius 1 is 1.24 bits per heavy atom. The monoisotopic (exact) mass is 308 g/mol. The van der Waals surface area contributed by atoms with Gasteiger partial charge in [0.15, 0.2) is 5.96 Å². The van der Waals surface area contributed by atoms with E-state index in [0.717, 1.165) is 11.3 Å². The van der Waals surface area contributed by atoms with Gasteiger partial charge in [-0.25, -0.2) is 0 Å². The largest absolute Gasteiger partial charge is 0.380 e. The third-order valence-electron chi connectivity index (χ3n) is 2.67. The minimum absolute atomic E-state index is 0. The highest BCUT2D eigenvalue weighted by Gasteiger charge is 2.09. The molecule has 21 heavy (non-hydrogen) atoms. The van der Waals surface area contributed by atoms with E-state index in [1.807, 2.05) is 35.2 Å². The molecule has 0 bridgehead atoms. The molecular weight excluding hydrogens is 292 g/mol. The summed E-state index contributed by atoms with van der Waals surface area (Å²) in [5, 5.41) is 0. The van der Waals surface area contributed by atoms with Gasteiger partial charge in [-0.15, -0.1) is 12.4 Å². The molecular formula is C14H17ClN4O2. The number of benzene rings is 1. The summed E-state index contributed by atoms with van der Waals surface area (Å²) in [5.41, 5.74) is 12.6. The maximum atomic E-state index is 11.9. The fraction of sp³-hybridized carbons (Fsp3) is 0.143. The molecule has 6 nitrogen and oxygen atoms in total. The van der Waals surface area contributed by atoms with Gasteiger partial charge in [-0.1, -0.05) is 0 Å². The van der Waals surface area contributed by atoms with E-state index in [2.05, 4.69) is 4.99 Å². The van der Waals surface area contributed by atoms with Gasteiger partial charge in [-0.2, -0.15) is 4.99 Å². The molecule has 1 amide bonds. The molecule has 0 spiro atoms. The summed E-state index contributed by atoms with van der Waals surface area (Å²) < 4.78 is 7.00. The molecule has 7 heteroatoms. The van der Waals surface area contributed by atoms with Gasteiger partial charge in [-0.05, 0) is 35.9 Å². The van der Waals surface area contributed by atoms with E-state index in [-0.39, 0.29) is 18.4 Å². The molecule has 2 rings (SSSR count). The molecule has 0 fully saturated rings. The zero-order chi connectivity index (χ0) is 14.5. The minimum atomic E-state index is -0.476. The molecule has 2 aromatic rings. The highest BCUT2D eigenvalue weighted by atomic mass is 35.5. The predicted octanol–water partition coefficient (Wildman–Crippen LogP) is 1.46. The van der Waals surface area contributed by atoms with Crippen molar-refractivity contribution in [1.29, 1.82) is 0 Å². The molecule has 1 aromatic heterocycles. The smallest absolute Gasteiger partial charge is 0.280 e. The first-order valence-electron chi connectivity index (χ1n) is 6.00. The Balaban J connectivity index is 0.00000220. The number of halogens is 1. The molecule has 0 aliphatic rings. The van der Waals surface area contributed by atoms with Gasteiger partial charge in [0, 0.05) is 30.8 Å². The van der Waals surface area contributed by atoms with Crippen molar-refractivity contribution < 1.29 is 9.53 Å². The van der Waals surface area contributed by atoms with Crippen LogP contribution in [0.1, 0.15) is 15.9 Å². The van der Waals surface area contributed by atoms with Crippen LogP contribution in [0.4, 0.5) is 0 Å². The van der Waals surface area contributed by atoms with Gasteiger partial charge in [0.05, 0.1) is 6.61 Å². The van der Waals surface area contributed by atoms with Crippen molar-refractivity contribution >= 4 is 24.3 Å². The van der Waals surface area contributed by atoms with E-state index in [1.165, 1.54) is 0 Å². The molecule has 0 aliphatic carbocycles. The van der Waals surface area contributed by atoms with Gasteiger partial charge in [0.2, 0.25) is 0 Å². The normalized spacial score (nSPS) is 9.76. The highest BCUT2D eigenvalue weighted by molar-refractivity contribution is 6.02. The fourth-order valence-corrected chi connectivity index (χ4v) is 1.89. The Morgan fingerprint density at radius 2 is 1.90 bits per heavy atom. The first kappa shape index (κ1) is 16.7. The minimum Gasteiger partial charge on any atom is -0.380 e. The topological polar surface area (TPSA) is 95.6 Å². The van der Waals surface area contributed by atoms with E-state index in [0.29, 0.717) is 12.2 Å². The number of guanidine groups is 1. The Morgan fingerprint density at radius 3 is 2.48 bits per heavy atom. The van der Waals surface area contributed by atoms with Crippen molar-refractivity contribution in [3.05, 3.63) is 53.9 Å². The summed E-state index contributed by atoms with van der Waals surface area (Å²) >= 11 is 0. The summed E-state index contributed by atoms with van der Waals surface area (Å²) in [6.07, 6.45) is 3.78. The maximum Gasteiger partial charge on any atom is 0.280 e. The Hall–Kier alpha value is -2.31. The van der Waals surface area contributed by atoms with Crippen LogP contribution in [0.3, 0.4) is 0 Å². The van der Waals surface area contributed by atoms with E-state index in [9.17, 15) is 4.79 Å². The van der Waals surface area contributed by atoms with E-state index >= 15 is 0 Å². The van der Waals surface area contributed by atoms with Crippen LogP contribution in [0, 0.1) is 0 Å².